The van der Waals surface area contributed by atoms with Crippen molar-refractivity contribution < 1.29 is 0 Å². The summed E-state index contributed by atoms with van der Waals surface area (Å²) in [4.78, 5) is 11.4. The zero-order valence-corrected chi connectivity index (χ0v) is 12.7. The van der Waals surface area contributed by atoms with E-state index in [2.05, 4.69) is 39.1 Å². The lowest BCUT2D eigenvalue weighted by Crippen LogP contribution is -2.35. The second kappa shape index (κ2) is 6.81. The van der Waals surface area contributed by atoms with E-state index in [0.29, 0.717) is 0 Å². The first-order valence-electron chi connectivity index (χ1n) is 7.83. The van der Waals surface area contributed by atoms with Crippen LogP contribution in [0.1, 0.15) is 29.8 Å². The number of aryl methyl sites for hydroxylation is 1. The Morgan fingerprint density at radius 1 is 1.19 bits per heavy atom. The van der Waals surface area contributed by atoms with Gasteiger partial charge in [0.05, 0.1) is 0 Å². The monoisotopic (exact) mass is 281 g/mol. The van der Waals surface area contributed by atoms with E-state index in [1.807, 2.05) is 25.4 Å². The van der Waals surface area contributed by atoms with Crippen molar-refractivity contribution in [3.8, 4) is 0 Å². The third-order valence-electron chi connectivity index (χ3n) is 4.21. The zero-order valence-electron chi connectivity index (χ0n) is 12.7. The molecule has 3 nitrogen and oxygen atoms in total. The Labute approximate surface area is 127 Å². The summed E-state index contributed by atoms with van der Waals surface area (Å²) < 4.78 is 0. The molecule has 0 saturated carbocycles. The Morgan fingerprint density at radius 3 is 2.90 bits per heavy atom. The molecular weight excluding hydrogens is 258 g/mol. The minimum absolute atomic E-state index is 0.729. The summed E-state index contributed by atoms with van der Waals surface area (Å²) in [6, 6.07) is 10.5. The zero-order chi connectivity index (χ0) is 14.5. The number of nitrogens with zero attached hydrogens (tertiary/aromatic N) is 3. The quantitative estimate of drug-likeness (QED) is 0.861. The molecule has 2 aromatic heterocycles. The molecule has 0 radical (unpaired) electrons. The van der Waals surface area contributed by atoms with Crippen LogP contribution >= 0.6 is 0 Å². The summed E-state index contributed by atoms with van der Waals surface area (Å²) in [6.45, 7) is 5.43. The van der Waals surface area contributed by atoms with Crippen molar-refractivity contribution in [3.63, 3.8) is 0 Å². The summed E-state index contributed by atoms with van der Waals surface area (Å²) in [7, 11) is 0. The number of piperidine rings is 1. The van der Waals surface area contributed by atoms with Crippen molar-refractivity contribution in [2.45, 2.75) is 32.7 Å². The number of aromatic nitrogens is 2. The Hall–Kier alpha value is -1.74. The molecule has 110 valence electrons. The van der Waals surface area contributed by atoms with E-state index in [1.54, 1.807) is 0 Å². The smallest absolute Gasteiger partial charge is 0.0406 e. The first kappa shape index (κ1) is 14.2. The Kier molecular flexibility index (Phi) is 4.61. The van der Waals surface area contributed by atoms with Gasteiger partial charge in [0.1, 0.15) is 0 Å². The predicted molar refractivity (Wildman–Crippen MR) is 84.9 cm³/mol. The van der Waals surface area contributed by atoms with Gasteiger partial charge in [-0.15, -0.1) is 0 Å². The largest absolute Gasteiger partial charge is 0.299 e. The van der Waals surface area contributed by atoms with Gasteiger partial charge < -0.3 is 0 Å². The SMILES string of the molecule is Cc1ccc(CN2CCCC(Cc3ccccn3)C2)cn1. The van der Waals surface area contributed by atoms with E-state index >= 15 is 0 Å². The lowest BCUT2D eigenvalue weighted by molar-refractivity contribution is 0.166. The highest BCUT2D eigenvalue weighted by Crippen LogP contribution is 2.21. The van der Waals surface area contributed by atoms with E-state index in [4.69, 9.17) is 0 Å². The average molecular weight is 281 g/mol. The first-order chi connectivity index (χ1) is 10.3. The van der Waals surface area contributed by atoms with Crippen LogP contribution in [-0.4, -0.2) is 28.0 Å². The minimum Gasteiger partial charge on any atom is -0.299 e. The van der Waals surface area contributed by atoms with Gasteiger partial charge in [-0.3, -0.25) is 14.9 Å². The molecule has 1 aliphatic heterocycles. The molecule has 2 aromatic rings. The van der Waals surface area contributed by atoms with Gasteiger partial charge in [-0.2, -0.15) is 0 Å². The van der Waals surface area contributed by atoms with Crippen molar-refractivity contribution in [1.29, 1.82) is 0 Å². The second-order valence-corrected chi connectivity index (χ2v) is 6.08. The van der Waals surface area contributed by atoms with E-state index in [-0.39, 0.29) is 0 Å². The molecule has 0 bridgehead atoms. The Balaban J connectivity index is 1.57. The fourth-order valence-corrected chi connectivity index (χ4v) is 3.13. The third-order valence-corrected chi connectivity index (χ3v) is 4.21. The van der Waals surface area contributed by atoms with Crippen LogP contribution in [0.25, 0.3) is 0 Å². The molecule has 1 aliphatic rings. The number of pyridine rings is 2. The van der Waals surface area contributed by atoms with Gasteiger partial charge in [0.25, 0.3) is 0 Å². The standard InChI is InChI=1S/C18H23N3/c1-15-7-8-17(12-20-15)14-21-10-4-5-16(13-21)11-18-6-2-3-9-19-18/h2-3,6-9,12,16H,4-5,10-11,13-14H2,1H3. The molecule has 0 aromatic carbocycles. The van der Waals surface area contributed by atoms with Gasteiger partial charge in [0.2, 0.25) is 0 Å². The molecule has 0 N–H and O–H groups in total. The van der Waals surface area contributed by atoms with Crippen molar-refractivity contribution in [1.82, 2.24) is 14.9 Å². The van der Waals surface area contributed by atoms with E-state index in [1.165, 1.54) is 37.2 Å². The maximum Gasteiger partial charge on any atom is 0.0406 e. The molecule has 3 heteroatoms. The van der Waals surface area contributed by atoms with Crippen LogP contribution in [0, 0.1) is 12.8 Å². The van der Waals surface area contributed by atoms with Gasteiger partial charge in [0, 0.05) is 36.9 Å². The van der Waals surface area contributed by atoms with Crippen LogP contribution < -0.4 is 0 Å². The normalized spacial score (nSPS) is 19.6. The molecule has 0 spiro atoms. The van der Waals surface area contributed by atoms with Gasteiger partial charge in [-0.05, 0) is 62.4 Å². The summed E-state index contributed by atoms with van der Waals surface area (Å²) >= 11 is 0. The van der Waals surface area contributed by atoms with E-state index in [9.17, 15) is 0 Å². The highest BCUT2D eigenvalue weighted by Gasteiger charge is 2.20. The van der Waals surface area contributed by atoms with Gasteiger partial charge in [0.15, 0.2) is 0 Å². The van der Waals surface area contributed by atoms with Crippen LogP contribution in [0.5, 0.6) is 0 Å². The van der Waals surface area contributed by atoms with Gasteiger partial charge in [-0.1, -0.05) is 12.1 Å². The average Bonchev–Trinajstić information content (AvgIpc) is 2.51. The van der Waals surface area contributed by atoms with Gasteiger partial charge >= 0.3 is 0 Å². The fraction of sp³-hybridized carbons (Fsp3) is 0.444. The minimum atomic E-state index is 0.729. The molecule has 0 aliphatic carbocycles. The predicted octanol–water partition coefficient (Wildman–Crippen LogP) is 3.24. The fourth-order valence-electron chi connectivity index (χ4n) is 3.13. The molecule has 21 heavy (non-hydrogen) atoms. The molecule has 1 unspecified atom stereocenters. The number of rotatable bonds is 4. The molecule has 0 amide bonds. The summed E-state index contributed by atoms with van der Waals surface area (Å²) in [5.41, 5.74) is 3.63. The molecule has 3 heterocycles. The maximum absolute atomic E-state index is 4.46. The highest BCUT2D eigenvalue weighted by atomic mass is 15.1. The number of hydrogen-bond acceptors (Lipinski definition) is 3. The molecule has 1 atom stereocenters. The number of likely N-dealkylation sites (tertiary alicyclic amines) is 1. The molecular formula is C18H23N3. The van der Waals surface area contributed by atoms with Crippen molar-refractivity contribution in [2.24, 2.45) is 5.92 Å². The molecule has 1 saturated heterocycles. The number of hydrogen-bond donors (Lipinski definition) is 0. The summed E-state index contributed by atoms with van der Waals surface area (Å²) in [5.74, 6) is 0.729. The Bertz CT molecular complexity index is 550. The van der Waals surface area contributed by atoms with Crippen molar-refractivity contribution in [2.75, 3.05) is 13.1 Å². The molecule has 1 fully saturated rings. The van der Waals surface area contributed by atoms with E-state index < -0.39 is 0 Å². The lowest BCUT2D eigenvalue weighted by atomic mass is 9.93. The maximum atomic E-state index is 4.46. The van der Waals surface area contributed by atoms with Crippen LogP contribution in [0.4, 0.5) is 0 Å². The van der Waals surface area contributed by atoms with E-state index in [0.717, 1.165) is 24.6 Å². The van der Waals surface area contributed by atoms with Crippen LogP contribution in [0.3, 0.4) is 0 Å². The molecule has 3 rings (SSSR count). The van der Waals surface area contributed by atoms with Crippen molar-refractivity contribution >= 4 is 0 Å². The summed E-state index contributed by atoms with van der Waals surface area (Å²) in [6.07, 6.45) is 7.62. The van der Waals surface area contributed by atoms with Crippen LogP contribution in [0.15, 0.2) is 42.7 Å². The third kappa shape index (κ3) is 4.11. The topological polar surface area (TPSA) is 29.0 Å². The lowest BCUT2D eigenvalue weighted by Gasteiger charge is -2.32. The van der Waals surface area contributed by atoms with Crippen molar-refractivity contribution in [3.05, 3.63) is 59.7 Å². The summed E-state index contributed by atoms with van der Waals surface area (Å²) in [5, 5.41) is 0. The van der Waals surface area contributed by atoms with Gasteiger partial charge in [-0.25, -0.2) is 0 Å². The highest BCUT2D eigenvalue weighted by molar-refractivity contribution is 5.13. The second-order valence-electron chi connectivity index (χ2n) is 6.08. The Morgan fingerprint density at radius 2 is 2.14 bits per heavy atom. The van der Waals surface area contributed by atoms with Crippen LogP contribution in [-0.2, 0) is 13.0 Å². The van der Waals surface area contributed by atoms with Crippen LogP contribution in [0.2, 0.25) is 0 Å². The first-order valence-corrected chi connectivity index (χ1v) is 7.83.